The molecule has 1 heterocycles. The number of hydrogen-bond donors (Lipinski definition) is 1. The molecule has 3 nitrogen and oxygen atoms in total. The fraction of sp³-hybridized carbons (Fsp3) is 0.667. The maximum Gasteiger partial charge on any atom is 0.419 e. The van der Waals surface area contributed by atoms with Crippen LogP contribution in [0.3, 0.4) is 0 Å². The minimum atomic E-state index is -4.29. The van der Waals surface area contributed by atoms with E-state index in [1.54, 1.807) is 0 Å². The molecule has 86 valence electrons. The van der Waals surface area contributed by atoms with Gasteiger partial charge in [0.15, 0.2) is 0 Å². The Bertz CT molecular complexity index is 293. The van der Waals surface area contributed by atoms with Gasteiger partial charge in [0.05, 0.1) is 11.8 Å². The van der Waals surface area contributed by atoms with Crippen molar-refractivity contribution in [3.05, 3.63) is 18.0 Å². The summed E-state index contributed by atoms with van der Waals surface area (Å²) in [6, 6.07) is 0. The lowest BCUT2D eigenvalue weighted by Crippen LogP contribution is -2.09. The fourth-order valence-electron chi connectivity index (χ4n) is 1.21. The molecular formula is C9H14F3N3. The summed E-state index contributed by atoms with van der Waals surface area (Å²) < 4.78 is 37.9. The van der Waals surface area contributed by atoms with Crippen molar-refractivity contribution >= 4 is 0 Å². The highest BCUT2D eigenvalue weighted by atomic mass is 19.4. The van der Waals surface area contributed by atoms with Crippen LogP contribution in [0, 0.1) is 0 Å². The van der Waals surface area contributed by atoms with Crippen molar-refractivity contribution < 1.29 is 13.2 Å². The van der Waals surface area contributed by atoms with E-state index in [0.717, 1.165) is 31.8 Å². The molecule has 0 unspecified atom stereocenters. The van der Waals surface area contributed by atoms with Gasteiger partial charge in [0.2, 0.25) is 0 Å². The van der Waals surface area contributed by atoms with Crippen molar-refractivity contribution in [2.45, 2.75) is 25.6 Å². The van der Waals surface area contributed by atoms with E-state index < -0.39 is 11.7 Å². The quantitative estimate of drug-likeness (QED) is 0.769. The first-order chi connectivity index (χ1) is 7.04. The zero-order chi connectivity index (χ0) is 11.3. The summed E-state index contributed by atoms with van der Waals surface area (Å²) in [5.74, 6) is 0. The Balaban J connectivity index is 2.40. The lowest BCUT2D eigenvalue weighted by molar-refractivity contribution is -0.137. The summed E-state index contributed by atoms with van der Waals surface area (Å²) in [6.07, 6.45) is -0.641. The van der Waals surface area contributed by atoms with E-state index in [9.17, 15) is 13.2 Å². The van der Waals surface area contributed by atoms with E-state index in [1.807, 2.05) is 7.05 Å². The standard InChI is InChI=1S/C9H14F3N3/c1-13-4-2-3-5-15-7-8(6-14-15)9(10,11)12/h6-7,13H,2-5H2,1H3. The van der Waals surface area contributed by atoms with Gasteiger partial charge in [-0.05, 0) is 26.4 Å². The smallest absolute Gasteiger partial charge is 0.320 e. The lowest BCUT2D eigenvalue weighted by Gasteiger charge is -2.02. The molecule has 0 aliphatic heterocycles. The Morgan fingerprint density at radius 3 is 2.67 bits per heavy atom. The summed E-state index contributed by atoms with van der Waals surface area (Å²) in [7, 11) is 1.84. The fourth-order valence-corrected chi connectivity index (χ4v) is 1.21. The van der Waals surface area contributed by atoms with Crippen LogP contribution in [-0.4, -0.2) is 23.4 Å². The molecule has 0 radical (unpaired) electrons. The normalized spacial score (nSPS) is 12.0. The molecule has 0 fully saturated rings. The van der Waals surface area contributed by atoms with Gasteiger partial charge < -0.3 is 5.32 Å². The van der Waals surface area contributed by atoms with Gasteiger partial charge >= 0.3 is 6.18 Å². The monoisotopic (exact) mass is 221 g/mol. The Morgan fingerprint density at radius 2 is 2.13 bits per heavy atom. The molecule has 0 spiro atoms. The molecule has 0 saturated carbocycles. The van der Waals surface area contributed by atoms with E-state index in [0.29, 0.717) is 6.54 Å². The predicted octanol–water partition coefficient (Wildman–Crippen LogP) is 1.90. The maximum atomic E-state index is 12.2. The molecule has 1 aromatic heterocycles. The minimum Gasteiger partial charge on any atom is -0.320 e. The molecule has 0 bridgehead atoms. The van der Waals surface area contributed by atoms with Gasteiger partial charge in [0.1, 0.15) is 0 Å². The average molecular weight is 221 g/mol. The van der Waals surface area contributed by atoms with Crippen LogP contribution >= 0.6 is 0 Å². The molecule has 0 atom stereocenters. The van der Waals surface area contributed by atoms with Crippen molar-refractivity contribution in [2.24, 2.45) is 0 Å². The van der Waals surface area contributed by atoms with Gasteiger partial charge in [-0.1, -0.05) is 0 Å². The topological polar surface area (TPSA) is 29.9 Å². The summed E-state index contributed by atoms with van der Waals surface area (Å²) in [5.41, 5.74) is -0.684. The first-order valence-corrected chi connectivity index (χ1v) is 4.78. The Morgan fingerprint density at radius 1 is 1.40 bits per heavy atom. The van der Waals surface area contributed by atoms with Crippen LogP contribution in [0.5, 0.6) is 0 Å². The number of hydrogen-bond acceptors (Lipinski definition) is 2. The third-order valence-electron chi connectivity index (χ3n) is 2.02. The van der Waals surface area contributed by atoms with Crippen LogP contribution in [0.25, 0.3) is 0 Å². The summed E-state index contributed by atoms with van der Waals surface area (Å²) >= 11 is 0. The number of halogens is 3. The molecular weight excluding hydrogens is 207 g/mol. The number of unbranched alkanes of at least 4 members (excludes halogenated alkanes) is 1. The van der Waals surface area contributed by atoms with E-state index in [4.69, 9.17) is 0 Å². The zero-order valence-corrected chi connectivity index (χ0v) is 8.51. The summed E-state index contributed by atoms with van der Waals surface area (Å²) in [4.78, 5) is 0. The van der Waals surface area contributed by atoms with Gasteiger partial charge in [-0.15, -0.1) is 0 Å². The molecule has 1 rings (SSSR count). The Kier molecular flexibility index (Phi) is 4.14. The largest absolute Gasteiger partial charge is 0.419 e. The Hall–Kier alpha value is -1.04. The number of rotatable bonds is 5. The Labute approximate surface area is 86.3 Å². The van der Waals surface area contributed by atoms with E-state index in [-0.39, 0.29) is 0 Å². The molecule has 1 aromatic rings. The van der Waals surface area contributed by atoms with Crippen molar-refractivity contribution in [3.63, 3.8) is 0 Å². The highest BCUT2D eigenvalue weighted by Crippen LogP contribution is 2.28. The van der Waals surface area contributed by atoms with Crippen LogP contribution in [0.15, 0.2) is 12.4 Å². The second kappa shape index (κ2) is 5.16. The van der Waals surface area contributed by atoms with Crippen LogP contribution in [0.1, 0.15) is 18.4 Å². The average Bonchev–Trinajstić information content (AvgIpc) is 2.60. The van der Waals surface area contributed by atoms with Gasteiger partial charge in [-0.25, -0.2) is 0 Å². The molecule has 6 heteroatoms. The zero-order valence-electron chi connectivity index (χ0n) is 8.51. The summed E-state index contributed by atoms with van der Waals surface area (Å²) in [6.45, 7) is 1.39. The van der Waals surface area contributed by atoms with Gasteiger partial charge in [0.25, 0.3) is 0 Å². The number of aromatic nitrogens is 2. The maximum absolute atomic E-state index is 12.2. The van der Waals surface area contributed by atoms with E-state index >= 15 is 0 Å². The number of nitrogens with one attached hydrogen (secondary N) is 1. The van der Waals surface area contributed by atoms with Gasteiger partial charge in [0, 0.05) is 12.7 Å². The second-order valence-electron chi connectivity index (χ2n) is 3.30. The van der Waals surface area contributed by atoms with Crippen molar-refractivity contribution in [3.8, 4) is 0 Å². The third-order valence-corrected chi connectivity index (χ3v) is 2.02. The first kappa shape index (κ1) is 12.0. The van der Waals surface area contributed by atoms with Crippen molar-refractivity contribution in [1.82, 2.24) is 15.1 Å². The first-order valence-electron chi connectivity index (χ1n) is 4.78. The predicted molar refractivity (Wildman–Crippen MR) is 50.4 cm³/mol. The highest BCUT2D eigenvalue weighted by molar-refractivity contribution is 5.08. The second-order valence-corrected chi connectivity index (χ2v) is 3.30. The summed E-state index contributed by atoms with van der Waals surface area (Å²) in [5, 5.41) is 6.63. The third kappa shape index (κ3) is 3.91. The minimum absolute atomic E-state index is 0.526. The number of aryl methyl sites for hydroxylation is 1. The molecule has 0 amide bonds. The van der Waals surface area contributed by atoms with Crippen LogP contribution in [0.2, 0.25) is 0 Å². The molecule has 0 aromatic carbocycles. The number of alkyl halides is 3. The molecule has 1 N–H and O–H groups in total. The van der Waals surface area contributed by atoms with Gasteiger partial charge in [-0.3, -0.25) is 4.68 Å². The van der Waals surface area contributed by atoms with Crippen LogP contribution in [0.4, 0.5) is 13.2 Å². The molecule has 0 saturated heterocycles. The van der Waals surface area contributed by atoms with E-state index in [2.05, 4.69) is 10.4 Å². The molecule has 0 aliphatic carbocycles. The SMILES string of the molecule is CNCCCCn1cc(C(F)(F)F)cn1. The lowest BCUT2D eigenvalue weighted by atomic mass is 10.3. The van der Waals surface area contributed by atoms with Crippen LogP contribution in [-0.2, 0) is 12.7 Å². The van der Waals surface area contributed by atoms with Crippen LogP contribution < -0.4 is 5.32 Å². The molecule has 15 heavy (non-hydrogen) atoms. The van der Waals surface area contributed by atoms with Gasteiger partial charge in [-0.2, -0.15) is 18.3 Å². The number of nitrogens with zero attached hydrogens (tertiary/aromatic N) is 2. The van der Waals surface area contributed by atoms with Crippen molar-refractivity contribution in [2.75, 3.05) is 13.6 Å². The van der Waals surface area contributed by atoms with E-state index in [1.165, 1.54) is 4.68 Å². The van der Waals surface area contributed by atoms with Crippen molar-refractivity contribution in [1.29, 1.82) is 0 Å². The highest BCUT2D eigenvalue weighted by Gasteiger charge is 2.31. The molecule has 0 aliphatic rings.